The number of hydrogen-bond acceptors (Lipinski definition) is 4. The first-order valence-electron chi connectivity index (χ1n) is 6.82. The minimum absolute atomic E-state index is 0.0565. The van der Waals surface area contributed by atoms with Crippen LogP contribution in [0, 0.1) is 0 Å². The van der Waals surface area contributed by atoms with Gasteiger partial charge in [0.05, 0.1) is 6.42 Å². The number of aromatic nitrogens is 2. The molecule has 0 aliphatic rings. The average molecular weight is 316 g/mol. The van der Waals surface area contributed by atoms with E-state index in [4.69, 9.17) is 16.1 Å². The number of carbonyl (C=O) groups is 1. The molecule has 0 spiro atoms. The van der Waals surface area contributed by atoms with Crippen molar-refractivity contribution >= 4 is 28.5 Å². The predicted molar refractivity (Wildman–Crippen MR) is 83.4 cm³/mol. The number of halogens is 1. The van der Waals surface area contributed by atoms with Gasteiger partial charge in [-0.1, -0.05) is 35.0 Å². The number of likely N-dealkylation sites (N-methyl/N-ethyl adjacent to an activating group) is 1. The molecule has 0 aliphatic carbocycles. The molecular formula is C16H14ClN3O2. The molecule has 0 radical (unpaired) electrons. The smallest absolute Gasteiger partial charge is 0.228 e. The van der Waals surface area contributed by atoms with E-state index in [0.29, 0.717) is 23.0 Å². The van der Waals surface area contributed by atoms with Crippen molar-refractivity contribution in [3.63, 3.8) is 0 Å². The lowest BCUT2D eigenvalue weighted by molar-refractivity contribution is -0.129. The van der Waals surface area contributed by atoms with Crippen molar-refractivity contribution in [1.29, 1.82) is 0 Å². The maximum atomic E-state index is 12.4. The Kier molecular flexibility index (Phi) is 4.06. The second-order valence-electron chi connectivity index (χ2n) is 5.01. The number of nitrogens with zero attached hydrogens (tertiary/aromatic N) is 3. The lowest BCUT2D eigenvalue weighted by Crippen LogP contribution is -2.28. The van der Waals surface area contributed by atoms with Gasteiger partial charge in [0, 0.05) is 30.7 Å². The number of carbonyl (C=O) groups excluding carboxylic acids is 1. The van der Waals surface area contributed by atoms with Crippen LogP contribution in [-0.2, 0) is 17.8 Å². The third-order valence-corrected chi connectivity index (χ3v) is 3.78. The Labute approximate surface area is 132 Å². The summed E-state index contributed by atoms with van der Waals surface area (Å²) >= 11 is 6.02. The van der Waals surface area contributed by atoms with Crippen LogP contribution < -0.4 is 0 Å². The van der Waals surface area contributed by atoms with Crippen molar-refractivity contribution in [2.75, 3.05) is 7.05 Å². The Morgan fingerprint density at radius 1 is 1.27 bits per heavy atom. The van der Waals surface area contributed by atoms with Gasteiger partial charge in [-0.05, 0) is 18.2 Å². The number of amides is 1. The van der Waals surface area contributed by atoms with Crippen molar-refractivity contribution in [1.82, 2.24) is 15.0 Å². The average Bonchev–Trinajstić information content (AvgIpc) is 2.93. The number of hydrogen-bond donors (Lipinski definition) is 0. The van der Waals surface area contributed by atoms with Crippen LogP contribution in [0.2, 0.25) is 5.15 Å². The second-order valence-corrected chi connectivity index (χ2v) is 5.36. The maximum Gasteiger partial charge on any atom is 0.228 e. The minimum atomic E-state index is -0.0565. The normalized spacial score (nSPS) is 10.8. The summed E-state index contributed by atoms with van der Waals surface area (Å²) < 4.78 is 5.22. The fraction of sp³-hybridized carbons (Fsp3) is 0.188. The first kappa shape index (κ1) is 14.5. The van der Waals surface area contributed by atoms with Gasteiger partial charge in [-0.25, -0.2) is 4.98 Å². The molecule has 2 heterocycles. The molecule has 6 heteroatoms. The van der Waals surface area contributed by atoms with E-state index < -0.39 is 0 Å². The van der Waals surface area contributed by atoms with Gasteiger partial charge in [-0.15, -0.1) is 0 Å². The fourth-order valence-electron chi connectivity index (χ4n) is 2.22. The van der Waals surface area contributed by atoms with Crippen LogP contribution in [0.5, 0.6) is 0 Å². The van der Waals surface area contributed by atoms with Crippen molar-refractivity contribution in [2.45, 2.75) is 13.0 Å². The van der Waals surface area contributed by atoms with Crippen LogP contribution in [0.1, 0.15) is 11.3 Å². The highest BCUT2D eigenvalue weighted by Crippen LogP contribution is 2.19. The highest BCUT2D eigenvalue weighted by molar-refractivity contribution is 6.30. The highest BCUT2D eigenvalue weighted by atomic mass is 35.5. The third-order valence-electron chi connectivity index (χ3n) is 3.44. The molecule has 0 atom stereocenters. The van der Waals surface area contributed by atoms with Crippen LogP contribution in [-0.4, -0.2) is 28.0 Å². The van der Waals surface area contributed by atoms with Crippen LogP contribution in [0.25, 0.3) is 11.0 Å². The Morgan fingerprint density at radius 2 is 2.09 bits per heavy atom. The lowest BCUT2D eigenvalue weighted by atomic mass is 10.1. The molecule has 0 N–H and O–H groups in total. The van der Waals surface area contributed by atoms with Gasteiger partial charge in [-0.3, -0.25) is 4.79 Å². The van der Waals surface area contributed by atoms with E-state index in [9.17, 15) is 4.79 Å². The van der Waals surface area contributed by atoms with Gasteiger partial charge < -0.3 is 9.42 Å². The monoisotopic (exact) mass is 315 g/mol. The van der Waals surface area contributed by atoms with E-state index in [2.05, 4.69) is 10.1 Å². The van der Waals surface area contributed by atoms with E-state index in [1.165, 1.54) is 0 Å². The molecule has 0 saturated carbocycles. The molecule has 112 valence electrons. The van der Waals surface area contributed by atoms with Crippen LogP contribution in [0.15, 0.2) is 47.1 Å². The van der Waals surface area contributed by atoms with E-state index in [1.54, 1.807) is 24.2 Å². The molecule has 0 aliphatic heterocycles. The van der Waals surface area contributed by atoms with E-state index in [1.807, 2.05) is 30.3 Å². The summed E-state index contributed by atoms with van der Waals surface area (Å²) in [7, 11) is 1.73. The Hall–Kier alpha value is -2.40. The third kappa shape index (κ3) is 2.94. The zero-order chi connectivity index (χ0) is 15.5. The van der Waals surface area contributed by atoms with Crippen molar-refractivity contribution in [2.24, 2.45) is 0 Å². The molecule has 0 bridgehead atoms. The first-order chi connectivity index (χ1) is 10.6. The van der Waals surface area contributed by atoms with Gasteiger partial charge in [-0.2, -0.15) is 0 Å². The van der Waals surface area contributed by atoms with Crippen LogP contribution >= 0.6 is 11.6 Å². The summed E-state index contributed by atoms with van der Waals surface area (Å²) in [6, 6.07) is 11.1. The van der Waals surface area contributed by atoms with Gasteiger partial charge in [0.25, 0.3) is 0 Å². The molecule has 3 aromatic rings. The summed E-state index contributed by atoms with van der Waals surface area (Å²) in [6.45, 7) is 0.404. The second kappa shape index (κ2) is 6.15. The fourth-order valence-corrected chi connectivity index (χ4v) is 2.40. The lowest BCUT2D eigenvalue weighted by Gasteiger charge is -2.17. The zero-order valence-corrected chi connectivity index (χ0v) is 12.7. The minimum Gasteiger partial charge on any atom is -0.356 e. The van der Waals surface area contributed by atoms with Crippen molar-refractivity contribution < 1.29 is 9.32 Å². The van der Waals surface area contributed by atoms with E-state index in [-0.39, 0.29) is 12.3 Å². The number of pyridine rings is 1. The molecule has 0 unspecified atom stereocenters. The van der Waals surface area contributed by atoms with Gasteiger partial charge in [0.15, 0.2) is 5.58 Å². The van der Waals surface area contributed by atoms with Crippen molar-refractivity contribution in [3.8, 4) is 0 Å². The zero-order valence-electron chi connectivity index (χ0n) is 12.0. The molecule has 5 nitrogen and oxygen atoms in total. The van der Waals surface area contributed by atoms with Crippen LogP contribution in [0.3, 0.4) is 0 Å². The molecule has 0 saturated heterocycles. The predicted octanol–water partition coefficient (Wildman–Crippen LogP) is 3.08. The molecular weight excluding hydrogens is 302 g/mol. The summed E-state index contributed by atoms with van der Waals surface area (Å²) in [4.78, 5) is 18.0. The molecule has 3 rings (SSSR count). The number of benzene rings is 1. The quantitative estimate of drug-likeness (QED) is 0.694. The molecule has 1 amide bonds. The Bertz CT molecular complexity index is 816. The SMILES string of the molecule is CN(Cc1cccnc1Cl)C(=O)Cc1noc2ccccc12. The standard InChI is InChI=1S/C16H14ClN3O2/c1-20(10-11-5-4-8-18-16(11)17)15(21)9-13-12-6-2-3-7-14(12)22-19-13/h2-8H,9-10H2,1H3. The first-order valence-corrected chi connectivity index (χ1v) is 7.19. The summed E-state index contributed by atoms with van der Waals surface area (Å²) in [6.07, 6.45) is 1.81. The van der Waals surface area contributed by atoms with Gasteiger partial charge in [0.1, 0.15) is 10.8 Å². The number of rotatable bonds is 4. The largest absolute Gasteiger partial charge is 0.356 e. The summed E-state index contributed by atoms with van der Waals surface area (Å²) in [5.74, 6) is -0.0565. The Balaban J connectivity index is 1.73. The molecule has 22 heavy (non-hydrogen) atoms. The highest BCUT2D eigenvalue weighted by Gasteiger charge is 2.16. The summed E-state index contributed by atoms with van der Waals surface area (Å²) in [5, 5.41) is 5.26. The van der Waals surface area contributed by atoms with Crippen molar-refractivity contribution in [3.05, 3.63) is 59.0 Å². The molecule has 2 aromatic heterocycles. The number of para-hydroxylation sites is 1. The topological polar surface area (TPSA) is 59.2 Å². The maximum absolute atomic E-state index is 12.4. The van der Waals surface area contributed by atoms with Gasteiger partial charge in [0.2, 0.25) is 5.91 Å². The van der Waals surface area contributed by atoms with Gasteiger partial charge >= 0.3 is 0 Å². The number of fused-ring (bicyclic) bond motifs is 1. The molecule has 1 aromatic carbocycles. The van der Waals surface area contributed by atoms with Crippen LogP contribution in [0.4, 0.5) is 0 Å². The van der Waals surface area contributed by atoms with E-state index in [0.717, 1.165) is 10.9 Å². The van der Waals surface area contributed by atoms with E-state index >= 15 is 0 Å². The molecule has 0 fully saturated rings. The Morgan fingerprint density at radius 3 is 2.91 bits per heavy atom. The summed E-state index contributed by atoms with van der Waals surface area (Å²) in [5.41, 5.74) is 2.14.